The molecule has 0 aliphatic heterocycles. The number of hydrogen-bond acceptors (Lipinski definition) is 4. The van der Waals surface area contributed by atoms with Crippen LogP contribution in [-0.4, -0.2) is 32.4 Å². The number of rotatable bonds is 6. The molecule has 0 amide bonds. The Morgan fingerprint density at radius 1 is 1.35 bits per heavy atom. The van der Waals surface area contributed by atoms with Crippen LogP contribution in [0, 0.1) is 0 Å². The van der Waals surface area contributed by atoms with Crippen molar-refractivity contribution in [2.45, 2.75) is 26.3 Å². The van der Waals surface area contributed by atoms with E-state index in [1.165, 1.54) is 0 Å². The van der Waals surface area contributed by atoms with Gasteiger partial charge in [-0.2, -0.15) is 0 Å². The molecule has 0 saturated heterocycles. The normalized spacial score (nSPS) is 10.4. The molecule has 0 bridgehead atoms. The SMILES string of the molecule is CCCc1c(C=O)nnn1Cc1ccc(C(=O)O)cc1. The van der Waals surface area contributed by atoms with E-state index in [-0.39, 0.29) is 5.56 Å². The van der Waals surface area contributed by atoms with Gasteiger partial charge in [-0.15, -0.1) is 5.10 Å². The molecule has 1 aromatic carbocycles. The first-order valence-corrected chi connectivity index (χ1v) is 6.35. The molecule has 20 heavy (non-hydrogen) atoms. The van der Waals surface area contributed by atoms with E-state index in [2.05, 4.69) is 10.3 Å². The second kappa shape index (κ2) is 6.10. The number of carboxylic acid groups (broad SMARTS) is 1. The molecule has 2 rings (SSSR count). The predicted octanol–water partition coefficient (Wildman–Crippen LogP) is 1.79. The number of aldehydes is 1. The van der Waals surface area contributed by atoms with Crippen molar-refractivity contribution in [2.24, 2.45) is 0 Å². The van der Waals surface area contributed by atoms with Gasteiger partial charge >= 0.3 is 5.97 Å². The van der Waals surface area contributed by atoms with Crippen LogP contribution in [0.25, 0.3) is 0 Å². The molecule has 2 aromatic rings. The van der Waals surface area contributed by atoms with Crippen molar-refractivity contribution in [1.29, 1.82) is 0 Å². The largest absolute Gasteiger partial charge is 0.478 e. The number of carboxylic acids is 1. The second-order valence-corrected chi connectivity index (χ2v) is 4.45. The predicted molar refractivity (Wildman–Crippen MR) is 71.9 cm³/mol. The summed E-state index contributed by atoms with van der Waals surface area (Å²) in [6.45, 7) is 2.49. The van der Waals surface area contributed by atoms with Gasteiger partial charge in [0.15, 0.2) is 6.29 Å². The van der Waals surface area contributed by atoms with Crippen molar-refractivity contribution in [1.82, 2.24) is 15.0 Å². The van der Waals surface area contributed by atoms with Crippen molar-refractivity contribution in [2.75, 3.05) is 0 Å². The van der Waals surface area contributed by atoms with Gasteiger partial charge < -0.3 is 5.11 Å². The third-order valence-electron chi connectivity index (χ3n) is 3.00. The van der Waals surface area contributed by atoms with E-state index >= 15 is 0 Å². The van der Waals surface area contributed by atoms with Gasteiger partial charge in [0.2, 0.25) is 0 Å². The van der Waals surface area contributed by atoms with Crippen LogP contribution in [0.5, 0.6) is 0 Å². The Morgan fingerprint density at radius 2 is 2.05 bits per heavy atom. The smallest absolute Gasteiger partial charge is 0.335 e. The molecule has 0 saturated carbocycles. The Morgan fingerprint density at radius 3 is 2.60 bits per heavy atom. The monoisotopic (exact) mass is 273 g/mol. The lowest BCUT2D eigenvalue weighted by Crippen LogP contribution is -2.07. The lowest BCUT2D eigenvalue weighted by molar-refractivity contribution is 0.0696. The Balaban J connectivity index is 2.23. The van der Waals surface area contributed by atoms with Gasteiger partial charge in [0.1, 0.15) is 5.69 Å². The highest BCUT2D eigenvalue weighted by Gasteiger charge is 2.11. The summed E-state index contributed by atoms with van der Waals surface area (Å²) in [5.41, 5.74) is 2.34. The summed E-state index contributed by atoms with van der Waals surface area (Å²) in [5, 5.41) is 16.7. The van der Waals surface area contributed by atoms with Gasteiger partial charge in [-0.3, -0.25) is 4.79 Å². The minimum atomic E-state index is -0.952. The Hall–Kier alpha value is -2.50. The fraction of sp³-hybridized carbons (Fsp3) is 0.286. The molecule has 0 atom stereocenters. The van der Waals surface area contributed by atoms with Crippen molar-refractivity contribution in [3.05, 3.63) is 46.8 Å². The van der Waals surface area contributed by atoms with Crippen molar-refractivity contribution < 1.29 is 14.7 Å². The molecule has 6 nitrogen and oxygen atoms in total. The number of nitrogens with zero attached hydrogens (tertiary/aromatic N) is 3. The first kappa shape index (κ1) is 13.9. The molecule has 0 spiro atoms. The summed E-state index contributed by atoms with van der Waals surface area (Å²) in [6.07, 6.45) is 2.34. The van der Waals surface area contributed by atoms with E-state index in [9.17, 15) is 9.59 Å². The fourth-order valence-electron chi connectivity index (χ4n) is 1.98. The minimum absolute atomic E-state index is 0.245. The summed E-state index contributed by atoms with van der Waals surface area (Å²) >= 11 is 0. The molecule has 0 fully saturated rings. The highest BCUT2D eigenvalue weighted by Crippen LogP contribution is 2.11. The quantitative estimate of drug-likeness (QED) is 0.811. The summed E-state index contributed by atoms with van der Waals surface area (Å²) < 4.78 is 1.68. The Bertz CT molecular complexity index is 617. The third kappa shape index (κ3) is 2.90. The van der Waals surface area contributed by atoms with Crippen molar-refractivity contribution >= 4 is 12.3 Å². The zero-order chi connectivity index (χ0) is 14.5. The number of hydrogen-bond donors (Lipinski definition) is 1. The van der Waals surface area contributed by atoms with Gasteiger partial charge in [0.25, 0.3) is 0 Å². The molecule has 0 radical (unpaired) electrons. The average molecular weight is 273 g/mol. The van der Waals surface area contributed by atoms with Crippen molar-refractivity contribution in [3.63, 3.8) is 0 Å². The van der Waals surface area contributed by atoms with Crippen LogP contribution >= 0.6 is 0 Å². The van der Waals surface area contributed by atoms with Crippen LogP contribution < -0.4 is 0 Å². The van der Waals surface area contributed by atoms with Crippen LogP contribution in [-0.2, 0) is 13.0 Å². The first-order valence-electron chi connectivity index (χ1n) is 6.35. The lowest BCUT2D eigenvalue weighted by Gasteiger charge is -2.06. The molecular formula is C14H15N3O3. The summed E-state index contributed by atoms with van der Waals surface area (Å²) in [6, 6.07) is 6.58. The fourth-order valence-corrected chi connectivity index (χ4v) is 1.98. The molecule has 0 aliphatic carbocycles. The van der Waals surface area contributed by atoms with E-state index in [1.807, 2.05) is 6.92 Å². The maximum absolute atomic E-state index is 10.9. The van der Waals surface area contributed by atoms with Crippen LogP contribution in [0.15, 0.2) is 24.3 Å². The van der Waals surface area contributed by atoms with Crippen molar-refractivity contribution in [3.8, 4) is 0 Å². The molecular weight excluding hydrogens is 258 g/mol. The summed E-state index contributed by atoms with van der Waals surface area (Å²) in [4.78, 5) is 21.7. The average Bonchev–Trinajstić information content (AvgIpc) is 2.82. The highest BCUT2D eigenvalue weighted by atomic mass is 16.4. The van der Waals surface area contributed by atoms with Crippen LogP contribution in [0.1, 0.15) is 45.4 Å². The third-order valence-corrected chi connectivity index (χ3v) is 3.00. The number of carbonyl (C=O) groups excluding carboxylic acids is 1. The molecule has 6 heteroatoms. The summed E-state index contributed by atoms with van der Waals surface area (Å²) in [5.74, 6) is -0.952. The van der Waals surface area contributed by atoms with Crippen LogP contribution in [0.2, 0.25) is 0 Å². The van der Waals surface area contributed by atoms with E-state index in [1.54, 1.807) is 28.9 Å². The molecule has 1 aromatic heterocycles. The maximum atomic E-state index is 10.9. The first-order chi connectivity index (χ1) is 9.65. The highest BCUT2D eigenvalue weighted by molar-refractivity contribution is 5.87. The molecule has 1 N–H and O–H groups in total. The molecule has 1 heterocycles. The standard InChI is InChI=1S/C14H15N3O3/c1-2-3-13-12(9-18)15-16-17(13)8-10-4-6-11(7-5-10)14(19)20/h4-7,9H,2-3,8H2,1H3,(H,19,20). The summed E-state index contributed by atoms with van der Waals surface area (Å²) in [7, 11) is 0. The van der Waals surface area contributed by atoms with Crippen LogP contribution in [0.3, 0.4) is 0 Å². The van der Waals surface area contributed by atoms with Gasteiger partial charge in [0, 0.05) is 0 Å². The van der Waals surface area contributed by atoms with E-state index in [0.717, 1.165) is 24.1 Å². The maximum Gasteiger partial charge on any atom is 0.335 e. The van der Waals surface area contributed by atoms with E-state index in [4.69, 9.17) is 5.11 Å². The van der Waals surface area contributed by atoms with E-state index in [0.29, 0.717) is 18.5 Å². The Labute approximate surface area is 116 Å². The Kier molecular flexibility index (Phi) is 4.24. The van der Waals surface area contributed by atoms with Gasteiger partial charge in [-0.05, 0) is 24.1 Å². The minimum Gasteiger partial charge on any atom is -0.478 e. The number of aromatic carboxylic acids is 1. The zero-order valence-corrected chi connectivity index (χ0v) is 11.1. The second-order valence-electron chi connectivity index (χ2n) is 4.45. The van der Waals surface area contributed by atoms with Gasteiger partial charge in [0.05, 0.1) is 17.8 Å². The van der Waals surface area contributed by atoms with Gasteiger partial charge in [-0.1, -0.05) is 30.7 Å². The molecule has 104 valence electrons. The van der Waals surface area contributed by atoms with Crippen LogP contribution in [0.4, 0.5) is 0 Å². The lowest BCUT2D eigenvalue weighted by atomic mass is 10.1. The van der Waals surface area contributed by atoms with E-state index < -0.39 is 5.97 Å². The van der Waals surface area contributed by atoms with Gasteiger partial charge in [-0.25, -0.2) is 9.48 Å². The number of aromatic nitrogens is 3. The number of benzene rings is 1. The zero-order valence-electron chi connectivity index (χ0n) is 11.1. The molecule has 0 unspecified atom stereocenters. The topological polar surface area (TPSA) is 85.1 Å². The number of carbonyl (C=O) groups is 2. The molecule has 0 aliphatic rings.